The number of aryl methyl sites for hydroxylation is 1. The van der Waals surface area contributed by atoms with E-state index in [1.165, 1.54) is 11.3 Å². The maximum atomic E-state index is 12.8. The number of anilines is 1. The maximum Gasteiger partial charge on any atom is 0.273 e. The number of carbonyl (C=O) groups is 1. The van der Waals surface area contributed by atoms with Crippen molar-refractivity contribution < 1.29 is 9.53 Å². The zero-order valence-electron chi connectivity index (χ0n) is 17.1. The van der Waals surface area contributed by atoms with Gasteiger partial charge in [0, 0.05) is 24.6 Å². The maximum absolute atomic E-state index is 12.8. The third kappa shape index (κ3) is 3.68. The zero-order chi connectivity index (χ0) is 21.3. The lowest BCUT2D eigenvalue weighted by atomic mass is 10.2. The van der Waals surface area contributed by atoms with Gasteiger partial charge in [0.15, 0.2) is 0 Å². The molecule has 0 aliphatic heterocycles. The lowest BCUT2D eigenvalue weighted by Gasteiger charge is -2.12. The third-order valence-electron chi connectivity index (χ3n) is 4.92. The Labute approximate surface area is 177 Å². The minimum atomic E-state index is -0.0613. The van der Waals surface area contributed by atoms with Crippen molar-refractivity contribution in [3.05, 3.63) is 51.9 Å². The molecule has 4 rings (SSSR count). The van der Waals surface area contributed by atoms with Gasteiger partial charge in [-0.25, -0.2) is 0 Å². The number of thiophene rings is 1. The molecule has 0 spiro atoms. The Morgan fingerprint density at radius 3 is 2.67 bits per heavy atom. The van der Waals surface area contributed by atoms with E-state index in [0.29, 0.717) is 29.7 Å². The van der Waals surface area contributed by atoms with Crippen LogP contribution in [0.3, 0.4) is 0 Å². The average Bonchev–Trinajstić information content (AvgIpc) is 3.36. The molecule has 0 unspecified atom stereocenters. The molecule has 8 nitrogen and oxygen atoms in total. The summed E-state index contributed by atoms with van der Waals surface area (Å²) in [6.07, 6.45) is 1.56. The summed E-state index contributed by atoms with van der Waals surface area (Å²) in [5.41, 5.74) is 1.51. The predicted molar refractivity (Wildman–Crippen MR) is 118 cm³/mol. The second-order valence-corrected chi connectivity index (χ2v) is 8.20. The second kappa shape index (κ2) is 8.27. The van der Waals surface area contributed by atoms with Crippen molar-refractivity contribution in [3.63, 3.8) is 0 Å². The molecule has 3 aromatic heterocycles. The van der Waals surface area contributed by atoms with E-state index in [0.717, 1.165) is 22.8 Å². The fourth-order valence-corrected chi connectivity index (χ4v) is 4.29. The molecule has 9 heteroatoms. The second-order valence-electron chi connectivity index (χ2n) is 7.29. The molecule has 0 bridgehead atoms. The van der Waals surface area contributed by atoms with Gasteiger partial charge in [-0.3, -0.25) is 18.6 Å². The summed E-state index contributed by atoms with van der Waals surface area (Å²) in [5.74, 6) is 1.97. The van der Waals surface area contributed by atoms with Crippen LogP contribution in [-0.4, -0.2) is 32.2 Å². The van der Waals surface area contributed by atoms with Crippen LogP contribution in [0.5, 0.6) is 5.75 Å². The highest BCUT2D eigenvalue weighted by molar-refractivity contribution is 7.17. The summed E-state index contributed by atoms with van der Waals surface area (Å²) < 4.78 is 9.42. The van der Waals surface area contributed by atoms with Gasteiger partial charge in [0.05, 0.1) is 12.6 Å². The van der Waals surface area contributed by atoms with Gasteiger partial charge in [-0.05, 0) is 56.0 Å². The normalized spacial score (nSPS) is 11.5. The minimum absolute atomic E-state index is 0.0289. The molecule has 0 fully saturated rings. The van der Waals surface area contributed by atoms with Gasteiger partial charge in [-0.2, -0.15) is 0 Å². The number of nitrogens with one attached hydrogen (secondary N) is 1. The van der Waals surface area contributed by atoms with Gasteiger partial charge in [0.25, 0.3) is 5.56 Å². The minimum Gasteiger partial charge on any atom is -0.497 e. The highest BCUT2D eigenvalue weighted by Gasteiger charge is 2.18. The molecule has 3 heterocycles. The first-order chi connectivity index (χ1) is 14.5. The van der Waals surface area contributed by atoms with Crippen LogP contribution in [0.2, 0.25) is 0 Å². The number of hydrogen-bond acceptors (Lipinski definition) is 6. The molecule has 156 valence electrons. The van der Waals surface area contributed by atoms with Crippen LogP contribution in [-0.2, 0) is 11.2 Å². The number of methoxy groups -OCH3 is 1. The van der Waals surface area contributed by atoms with E-state index in [4.69, 9.17) is 4.74 Å². The highest BCUT2D eigenvalue weighted by Crippen LogP contribution is 2.22. The molecule has 1 amide bonds. The number of rotatable bonds is 7. The smallest absolute Gasteiger partial charge is 0.273 e. The number of amides is 1. The van der Waals surface area contributed by atoms with Crippen LogP contribution < -0.4 is 15.6 Å². The summed E-state index contributed by atoms with van der Waals surface area (Å²) in [5, 5.41) is 13.4. The zero-order valence-corrected chi connectivity index (χ0v) is 17.9. The molecule has 0 aliphatic carbocycles. The molecule has 1 N–H and O–H groups in total. The molecule has 0 atom stereocenters. The summed E-state index contributed by atoms with van der Waals surface area (Å²) in [6.45, 7) is 3.91. The molecule has 0 saturated heterocycles. The van der Waals surface area contributed by atoms with E-state index in [2.05, 4.69) is 15.5 Å². The number of nitrogens with zero attached hydrogens (tertiary/aromatic N) is 4. The first kappa shape index (κ1) is 20.1. The Morgan fingerprint density at radius 1 is 1.20 bits per heavy atom. The Bertz CT molecular complexity index is 1250. The van der Waals surface area contributed by atoms with Crippen LogP contribution in [0.4, 0.5) is 5.69 Å². The van der Waals surface area contributed by atoms with Crippen molar-refractivity contribution in [2.45, 2.75) is 39.2 Å². The Kier molecular flexibility index (Phi) is 5.54. The third-order valence-corrected chi connectivity index (χ3v) is 5.81. The quantitative estimate of drug-likeness (QED) is 0.488. The van der Waals surface area contributed by atoms with E-state index in [9.17, 15) is 9.59 Å². The monoisotopic (exact) mass is 425 g/mol. The van der Waals surface area contributed by atoms with Crippen LogP contribution in [0, 0.1) is 0 Å². The topological polar surface area (TPSA) is 90.5 Å². The number of aromatic nitrogens is 4. The lowest BCUT2D eigenvalue weighted by molar-refractivity contribution is -0.116. The fourth-order valence-electron chi connectivity index (χ4n) is 3.48. The molecular weight excluding hydrogens is 402 g/mol. The molecule has 0 radical (unpaired) electrons. The summed E-state index contributed by atoms with van der Waals surface area (Å²) in [4.78, 5) is 25.1. The van der Waals surface area contributed by atoms with Gasteiger partial charge in [-0.1, -0.05) is 0 Å². The predicted octanol–water partition coefficient (Wildman–Crippen LogP) is 3.66. The van der Waals surface area contributed by atoms with Crippen molar-refractivity contribution in [1.29, 1.82) is 0 Å². The van der Waals surface area contributed by atoms with Crippen molar-refractivity contribution in [2.24, 2.45) is 0 Å². The number of benzene rings is 1. The van der Waals surface area contributed by atoms with Crippen LogP contribution in [0.25, 0.3) is 16.0 Å². The largest absolute Gasteiger partial charge is 0.497 e. The van der Waals surface area contributed by atoms with E-state index in [1.807, 2.05) is 29.7 Å². The van der Waals surface area contributed by atoms with Gasteiger partial charge in [0.2, 0.25) is 11.7 Å². The number of carbonyl (C=O) groups excluding carboxylic acids is 1. The molecule has 0 aliphatic rings. The van der Waals surface area contributed by atoms with Crippen LogP contribution >= 0.6 is 11.3 Å². The molecule has 30 heavy (non-hydrogen) atoms. The Balaban J connectivity index is 1.50. The van der Waals surface area contributed by atoms with Crippen molar-refractivity contribution in [1.82, 2.24) is 19.2 Å². The molecule has 0 saturated carbocycles. The van der Waals surface area contributed by atoms with Gasteiger partial charge >= 0.3 is 0 Å². The van der Waals surface area contributed by atoms with Gasteiger partial charge in [0.1, 0.15) is 16.3 Å². The summed E-state index contributed by atoms with van der Waals surface area (Å²) in [6, 6.07) is 9.11. The van der Waals surface area contributed by atoms with E-state index in [1.54, 1.807) is 35.9 Å². The summed E-state index contributed by atoms with van der Waals surface area (Å²) >= 11 is 1.42. The lowest BCUT2D eigenvalue weighted by Crippen LogP contribution is -2.24. The van der Waals surface area contributed by atoms with E-state index >= 15 is 0 Å². The molecule has 4 aromatic rings. The van der Waals surface area contributed by atoms with Crippen molar-refractivity contribution in [3.8, 4) is 5.75 Å². The number of ether oxygens (including phenoxy) is 1. The first-order valence-electron chi connectivity index (χ1n) is 9.79. The number of hydrogen-bond donors (Lipinski definition) is 1. The van der Waals surface area contributed by atoms with E-state index < -0.39 is 0 Å². The summed E-state index contributed by atoms with van der Waals surface area (Å²) in [7, 11) is 1.60. The molecular formula is C21H23N5O3S. The Hall–Kier alpha value is -3.20. The first-order valence-corrected chi connectivity index (χ1v) is 10.7. The van der Waals surface area contributed by atoms with Gasteiger partial charge in [-0.15, -0.1) is 21.5 Å². The highest BCUT2D eigenvalue weighted by atomic mass is 32.1. The standard InChI is InChI=1S/C21H23N5O3S/c1-13(2)25-20(28)19-16(11-12-30-19)26-17(23-24-21(25)26)5-4-6-18(27)22-14-7-9-15(29-3)10-8-14/h7-13H,4-6H2,1-3H3,(H,22,27). The van der Waals surface area contributed by atoms with Crippen molar-refractivity contribution >= 4 is 38.9 Å². The van der Waals surface area contributed by atoms with Crippen LogP contribution in [0.15, 0.2) is 40.5 Å². The SMILES string of the molecule is COc1ccc(NC(=O)CCCc2nnc3n(C(C)C)c(=O)c4sccc4n23)cc1. The fraction of sp³-hybridized carbons (Fsp3) is 0.333. The van der Waals surface area contributed by atoms with Crippen LogP contribution in [0.1, 0.15) is 38.6 Å². The Morgan fingerprint density at radius 2 is 1.97 bits per heavy atom. The average molecular weight is 426 g/mol. The van der Waals surface area contributed by atoms with E-state index in [-0.39, 0.29) is 17.5 Å². The number of fused-ring (bicyclic) bond motifs is 3. The molecule has 1 aromatic carbocycles. The van der Waals surface area contributed by atoms with Gasteiger partial charge < -0.3 is 10.1 Å². The van der Waals surface area contributed by atoms with Crippen molar-refractivity contribution in [2.75, 3.05) is 12.4 Å².